The van der Waals surface area contributed by atoms with Crippen LogP contribution in [0.3, 0.4) is 0 Å². The molecule has 1 atom stereocenters. The van der Waals surface area contributed by atoms with Gasteiger partial charge in [-0.1, -0.05) is 0 Å². The molecule has 5 heteroatoms. The molecular formula is C14H21N5. The first-order chi connectivity index (χ1) is 9.36. The second-order valence-electron chi connectivity index (χ2n) is 5.23. The topological polar surface area (TPSA) is 47.7 Å². The highest BCUT2D eigenvalue weighted by atomic mass is 15.3. The van der Waals surface area contributed by atoms with Crippen molar-refractivity contribution in [2.45, 2.75) is 32.9 Å². The van der Waals surface area contributed by atoms with Crippen molar-refractivity contribution in [2.75, 3.05) is 13.1 Å². The molecule has 0 spiro atoms. The van der Waals surface area contributed by atoms with Gasteiger partial charge in [0.2, 0.25) is 0 Å². The largest absolute Gasteiger partial charge is 0.330 e. The van der Waals surface area contributed by atoms with Crippen molar-refractivity contribution < 1.29 is 0 Å². The van der Waals surface area contributed by atoms with Crippen LogP contribution in [-0.2, 0) is 13.1 Å². The Morgan fingerprint density at radius 3 is 3.11 bits per heavy atom. The fraction of sp³-hybridized carbons (Fsp3) is 0.571. The first-order valence-corrected chi connectivity index (χ1v) is 7.10. The van der Waals surface area contributed by atoms with Gasteiger partial charge < -0.3 is 9.88 Å². The summed E-state index contributed by atoms with van der Waals surface area (Å²) in [6.45, 7) is 6.32. The Morgan fingerprint density at radius 2 is 2.37 bits per heavy atom. The summed E-state index contributed by atoms with van der Waals surface area (Å²) in [6, 6.07) is 0. The van der Waals surface area contributed by atoms with Gasteiger partial charge in [0.15, 0.2) is 0 Å². The summed E-state index contributed by atoms with van der Waals surface area (Å²) in [5, 5.41) is 7.81. The highest BCUT2D eigenvalue weighted by molar-refractivity contribution is 5.56. The van der Waals surface area contributed by atoms with Crippen LogP contribution in [0.2, 0.25) is 0 Å². The maximum Gasteiger partial charge on any atom is 0.0951 e. The van der Waals surface area contributed by atoms with E-state index in [1.807, 2.05) is 23.4 Å². The van der Waals surface area contributed by atoms with Gasteiger partial charge in [-0.2, -0.15) is 5.10 Å². The molecule has 0 amide bonds. The minimum atomic E-state index is 0.711. The Morgan fingerprint density at radius 1 is 1.42 bits per heavy atom. The third kappa shape index (κ3) is 2.71. The maximum atomic E-state index is 4.34. The molecule has 0 aromatic carbocycles. The zero-order chi connectivity index (χ0) is 13.1. The minimum absolute atomic E-state index is 0.711. The van der Waals surface area contributed by atoms with Crippen LogP contribution in [0.5, 0.6) is 0 Å². The van der Waals surface area contributed by atoms with Gasteiger partial charge in [-0.05, 0) is 38.8 Å². The van der Waals surface area contributed by atoms with Crippen molar-refractivity contribution in [1.82, 2.24) is 24.6 Å². The second kappa shape index (κ2) is 5.57. The number of hydrogen-bond acceptors (Lipinski definition) is 3. The van der Waals surface area contributed by atoms with E-state index in [0.717, 1.165) is 31.7 Å². The van der Waals surface area contributed by atoms with Gasteiger partial charge in [0, 0.05) is 24.8 Å². The molecule has 1 fully saturated rings. The number of piperidine rings is 1. The standard InChI is InChI=1S/C14H21N5/c1-2-19-10-13(7-17-19)14-8-16-11-18(14)9-12-4-3-5-15-6-12/h7-8,10-12,15H,2-6,9H2,1H3. The first kappa shape index (κ1) is 12.4. The van der Waals surface area contributed by atoms with Crippen LogP contribution in [0.15, 0.2) is 24.9 Å². The molecule has 0 bridgehead atoms. The molecule has 0 radical (unpaired) electrons. The van der Waals surface area contributed by atoms with E-state index < -0.39 is 0 Å². The monoisotopic (exact) mass is 259 g/mol. The summed E-state index contributed by atoms with van der Waals surface area (Å²) in [5.74, 6) is 0.711. The molecule has 1 N–H and O–H groups in total. The first-order valence-electron chi connectivity index (χ1n) is 7.10. The van der Waals surface area contributed by atoms with Crippen LogP contribution in [0.4, 0.5) is 0 Å². The van der Waals surface area contributed by atoms with E-state index in [9.17, 15) is 0 Å². The molecule has 1 aliphatic heterocycles. The van der Waals surface area contributed by atoms with Gasteiger partial charge in [-0.25, -0.2) is 4.98 Å². The molecular weight excluding hydrogens is 238 g/mol. The molecule has 2 aromatic rings. The zero-order valence-corrected chi connectivity index (χ0v) is 11.4. The van der Waals surface area contributed by atoms with E-state index in [1.54, 1.807) is 0 Å². The van der Waals surface area contributed by atoms with Crippen molar-refractivity contribution >= 4 is 0 Å². The molecule has 0 saturated carbocycles. The Hall–Kier alpha value is -1.62. The third-order valence-electron chi connectivity index (χ3n) is 3.82. The Bertz CT molecular complexity index is 521. The number of rotatable bonds is 4. The molecule has 5 nitrogen and oxygen atoms in total. The summed E-state index contributed by atoms with van der Waals surface area (Å²) in [7, 11) is 0. The number of hydrogen-bond donors (Lipinski definition) is 1. The lowest BCUT2D eigenvalue weighted by Crippen LogP contribution is -2.32. The number of imidazole rings is 1. The van der Waals surface area contributed by atoms with Gasteiger partial charge in [0.05, 0.1) is 24.4 Å². The minimum Gasteiger partial charge on any atom is -0.330 e. The molecule has 1 unspecified atom stereocenters. The van der Waals surface area contributed by atoms with Gasteiger partial charge in [-0.3, -0.25) is 4.68 Å². The molecule has 102 valence electrons. The molecule has 0 aliphatic carbocycles. The van der Waals surface area contributed by atoms with Gasteiger partial charge in [0.25, 0.3) is 0 Å². The lowest BCUT2D eigenvalue weighted by Gasteiger charge is -2.23. The molecule has 1 saturated heterocycles. The van der Waals surface area contributed by atoms with E-state index in [0.29, 0.717) is 5.92 Å². The van der Waals surface area contributed by atoms with Gasteiger partial charge in [-0.15, -0.1) is 0 Å². The lowest BCUT2D eigenvalue weighted by molar-refractivity contribution is 0.338. The van der Waals surface area contributed by atoms with Gasteiger partial charge >= 0.3 is 0 Å². The predicted octanol–water partition coefficient (Wildman–Crippen LogP) is 1.77. The average Bonchev–Trinajstić information content (AvgIpc) is 3.08. The number of aryl methyl sites for hydroxylation is 1. The fourth-order valence-corrected chi connectivity index (χ4v) is 2.73. The van der Waals surface area contributed by atoms with Crippen LogP contribution in [-0.4, -0.2) is 32.4 Å². The van der Waals surface area contributed by atoms with E-state index in [4.69, 9.17) is 0 Å². The van der Waals surface area contributed by atoms with E-state index in [-0.39, 0.29) is 0 Å². The highest BCUT2D eigenvalue weighted by Crippen LogP contribution is 2.21. The van der Waals surface area contributed by atoms with Gasteiger partial charge in [0.1, 0.15) is 0 Å². The lowest BCUT2D eigenvalue weighted by atomic mass is 9.99. The van der Waals surface area contributed by atoms with E-state index in [1.165, 1.54) is 18.5 Å². The van der Waals surface area contributed by atoms with Crippen LogP contribution >= 0.6 is 0 Å². The van der Waals surface area contributed by atoms with Crippen molar-refractivity contribution in [2.24, 2.45) is 5.92 Å². The normalized spacial score (nSPS) is 19.7. The molecule has 19 heavy (non-hydrogen) atoms. The quantitative estimate of drug-likeness (QED) is 0.910. The number of nitrogens with zero attached hydrogens (tertiary/aromatic N) is 4. The summed E-state index contributed by atoms with van der Waals surface area (Å²) in [6.07, 6.45) is 10.5. The molecule has 1 aliphatic rings. The number of aromatic nitrogens is 4. The summed E-state index contributed by atoms with van der Waals surface area (Å²) in [4.78, 5) is 4.30. The third-order valence-corrected chi connectivity index (χ3v) is 3.82. The predicted molar refractivity (Wildman–Crippen MR) is 74.7 cm³/mol. The van der Waals surface area contributed by atoms with Crippen LogP contribution in [0.25, 0.3) is 11.3 Å². The zero-order valence-electron chi connectivity index (χ0n) is 11.4. The molecule has 3 heterocycles. The molecule has 3 rings (SSSR count). The second-order valence-corrected chi connectivity index (χ2v) is 5.23. The molecule has 2 aromatic heterocycles. The van der Waals surface area contributed by atoms with Crippen LogP contribution in [0.1, 0.15) is 19.8 Å². The van der Waals surface area contributed by atoms with E-state index >= 15 is 0 Å². The van der Waals surface area contributed by atoms with Crippen molar-refractivity contribution in [3.05, 3.63) is 24.9 Å². The maximum absolute atomic E-state index is 4.34. The van der Waals surface area contributed by atoms with Crippen molar-refractivity contribution in [3.63, 3.8) is 0 Å². The number of nitrogens with one attached hydrogen (secondary N) is 1. The highest BCUT2D eigenvalue weighted by Gasteiger charge is 2.15. The van der Waals surface area contributed by atoms with Crippen LogP contribution < -0.4 is 5.32 Å². The Balaban J connectivity index is 1.77. The fourth-order valence-electron chi connectivity index (χ4n) is 2.73. The van der Waals surface area contributed by atoms with Crippen molar-refractivity contribution in [3.8, 4) is 11.3 Å². The van der Waals surface area contributed by atoms with E-state index in [2.05, 4.69) is 33.1 Å². The summed E-state index contributed by atoms with van der Waals surface area (Å²) >= 11 is 0. The summed E-state index contributed by atoms with van der Waals surface area (Å²) in [5.41, 5.74) is 2.33. The smallest absolute Gasteiger partial charge is 0.0951 e. The van der Waals surface area contributed by atoms with Crippen LogP contribution in [0, 0.1) is 5.92 Å². The Labute approximate surface area is 113 Å². The Kier molecular flexibility index (Phi) is 3.64. The summed E-state index contributed by atoms with van der Waals surface area (Å²) < 4.78 is 4.21. The van der Waals surface area contributed by atoms with Crippen molar-refractivity contribution in [1.29, 1.82) is 0 Å². The SMILES string of the molecule is CCn1cc(-c2cncn2CC2CCCNC2)cn1. The average molecular weight is 259 g/mol.